The molecule has 4 rings (SSSR count). The van der Waals surface area contributed by atoms with Crippen LogP contribution in [0.1, 0.15) is 95.0 Å². The molecular weight excluding hydrogens is 534 g/mol. The minimum atomic E-state index is -0.0979. The Morgan fingerprint density at radius 2 is 1.77 bits per heavy atom. The van der Waals surface area contributed by atoms with Crippen LogP contribution in [-0.4, -0.2) is 27.8 Å². The Balaban J connectivity index is 1.42. The average molecular weight is 580 g/mol. The highest BCUT2D eigenvalue weighted by atomic mass is 16.2. The van der Waals surface area contributed by atoms with Crippen molar-refractivity contribution in [1.82, 2.24) is 15.3 Å². The molecule has 1 atom stereocenters. The zero-order valence-electron chi connectivity index (χ0n) is 26.2. The molecule has 0 radical (unpaired) electrons. The minimum Gasteiger partial charge on any atom is -0.350 e. The van der Waals surface area contributed by atoms with Crippen molar-refractivity contribution in [3.8, 4) is 11.3 Å². The van der Waals surface area contributed by atoms with Gasteiger partial charge in [-0.15, -0.1) is 0 Å². The molecule has 2 amide bonds. The first-order valence-corrected chi connectivity index (χ1v) is 15.5. The second-order valence-corrected chi connectivity index (χ2v) is 11.6. The lowest BCUT2D eigenvalue weighted by atomic mass is 9.91. The van der Waals surface area contributed by atoms with Crippen LogP contribution in [-0.2, 0) is 4.79 Å². The molecule has 0 saturated carbocycles. The van der Waals surface area contributed by atoms with E-state index in [1.54, 1.807) is 18.3 Å². The van der Waals surface area contributed by atoms with Gasteiger partial charge in [0.25, 0.3) is 11.8 Å². The number of anilines is 3. The quantitative estimate of drug-likeness (QED) is 0.147. The lowest BCUT2D eigenvalue weighted by molar-refractivity contribution is -0.112. The van der Waals surface area contributed by atoms with Crippen molar-refractivity contribution in [2.24, 2.45) is 0 Å². The van der Waals surface area contributed by atoms with E-state index in [0.29, 0.717) is 17.1 Å². The zero-order valence-corrected chi connectivity index (χ0v) is 26.2. The van der Waals surface area contributed by atoms with Crippen molar-refractivity contribution in [2.45, 2.75) is 92.0 Å². The number of nitrogens with zero attached hydrogens (tertiary/aromatic N) is 2. The number of benzene rings is 2. The van der Waals surface area contributed by atoms with Gasteiger partial charge in [0, 0.05) is 40.3 Å². The monoisotopic (exact) mass is 579 g/mol. The van der Waals surface area contributed by atoms with Crippen molar-refractivity contribution < 1.29 is 9.59 Å². The summed E-state index contributed by atoms with van der Waals surface area (Å²) < 4.78 is 0. The molecule has 0 fully saturated rings. The van der Waals surface area contributed by atoms with Gasteiger partial charge in [-0.2, -0.15) is 0 Å². The van der Waals surface area contributed by atoms with Crippen LogP contribution in [0.3, 0.4) is 0 Å². The van der Waals surface area contributed by atoms with E-state index in [4.69, 9.17) is 4.98 Å². The third-order valence-electron chi connectivity index (χ3n) is 8.08. The standard InChI is InChI=1S/C36H45N5O2/c1-6-7-8-13-26(4)38-35(43)28-17-19-30(20-18-28)39-36-37-22-21-33(41-36)31-15-11-16-32(27(31)5)40-34(42)25(3)23-29-14-10-9-12-24(29)2/h11,15-23,26H,6-10,12-14H2,1-5H3,(H,38,43)(H,40,42)(H,37,39,41)/b25-23+. The van der Waals surface area contributed by atoms with Crippen LogP contribution < -0.4 is 16.0 Å². The van der Waals surface area contributed by atoms with Crippen molar-refractivity contribution in [2.75, 3.05) is 10.6 Å². The molecule has 1 aromatic heterocycles. The molecule has 1 unspecified atom stereocenters. The van der Waals surface area contributed by atoms with Crippen LogP contribution in [0.15, 0.2) is 77.5 Å². The maximum absolute atomic E-state index is 13.1. The van der Waals surface area contributed by atoms with E-state index in [-0.39, 0.29) is 17.9 Å². The second-order valence-electron chi connectivity index (χ2n) is 11.6. The van der Waals surface area contributed by atoms with Gasteiger partial charge in [0.1, 0.15) is 0 Å². The number of hydrogen-bond acceptors (Lipinski definition) is 5. The van der Waals surface area contributed by atoms with Crippen molar-refractivity contribution >= 4 is 29.1 Å². The van der Waals surface area contributed by atoms with Crippen molar-refractivity contribution in [3.63, 3.8) is 0 Å². The zero-order chi connectivity index (χ0) is 30.8. The summed E-state index contributed by atoms with van der Waals surface area (Å²) in [6.07, 6.45) is 12.8. The van der Waals surface area contributed by atoms with Crippen LogP contribution in [0, 0.1) is 6.92 Å². The van der Waals surface area contributed by atoms with Crippen molar-refractivity contribution in [1.29, 1.82) is 0 Å². The average Bonchev–Trinajstić information content (AvgIpc) is 3.00. The Kier molecular flexibility index (Phi) is 11.3. The molecule has 0 saturated heterocycles. The highest BCUT2D eigenvalue weighted by Crippen LogP contribution is 2.29. The number of carbonyl (C=O) groups is 2. The van der Waals surface area contributed by atoms with Crippen molar-refractivity contribution in [3.05, 3.63) is 88.7 Å². The summed E-state index contributed by atoms with van der Waals surface area (Å²) in [5.41, 5.74) is 8.13. The molecule has 1 heterocycles. The van der Waals surface area contributed by atoms with Crippen LogP contribution >= 0.6 is 0 Å². The highest BCUT2D eigenvalue weighted by Gasteiger charge is 2.14. The summed E-state index contributed by atoms with van der Waals surface area (Å²) in [6, 6.07) is 15.2. The Hall–Kier alpha value is -4.26. The molecule has 2 aromatic carbocycles. The second kappa shape index (κ2) is 15.3. The fraction of sp³-hybridized carbons (Fsp3) is 0.389. The molecule has 3 N–H and O–H groups in total. The maximum Gasteiger partial charge on any atom is 0.251 e. The predicted octanol–water partition coefficient (Wildman–Crippen LogP) is 8.67. The van der Waals surface area contributed by atoms with E-state index in [1.807, 2.05) is 63.2 Å². The van der Waals surface area contributed by atoms with E-state index in [1.165, 1.54) is 36.8 Å². The van der Waals surface area contributed by atoms with Crippen LogP contribution in [0.4, 0.5) is 17.3 Å². The SMILES string of the molecule is CCCCCC(C)NC(=O)c1ccc(Nc2nccc(-c3cccc(NC(=O)/C(C)=C/C4=C(C)CCCC4)c3C)n2)cc1. The van der Waals surface area contributed by atoms with Gasteiger partial charge in [-0.25, -0.2) is 9.97 Å². The summed E-state index contributed by atoms with van der Waals surface area (Å²) >= 11 is 0. The molecule has 43 heavy (non-hydrogen) atoms. The largest absolute Gasteiger partial charge is 0.350 e. The lowest BCUT2D eigenvalue weighted by Gasteiger charge is -2.16. The summed E-state index contributed by atoms with van der Waals surface area (Å²) in [4.78, 5) is 34.8. The molecule has 0 bridgehead atoms. The number of nitrogens with one attached hydrogen (secondary N) is 3. The fourth-order valence-corrected chi connectivity index (χ4v) is 5.35. The van der Waals surface area contributed by atoms with Gasteiger partial charge in [-0.05, 0) is 107 Å². The van der Waals surface area contributed by atoms with Gasteiger partial charge in [0.05, 0.1) is 5.69 Å². The topological polar surface area (TPSA) is 96.0 Å². The molecule has 226 valence electrons. The predicted molar refractivity (Wildman–Crippen MR) is 177 cm³/mol. The van der Waals surface area contributed by atoms with Gasteiger partial charge in [-0.3, -0.25) is 9.59 Å². The summed E-state index contributed by atoms with van der Waals surface area (Å²) in [5.74, 6) is 0.283. The van der Waals surface area contributed by atoms with Gasteiger partial charge >= 0.3 is 0 Å². The number of amides is 2. The molecule has 0 aliphatic heterocycles. The molecular formula is C36H45N5O2. The molecule has 1 aliphatic carbocycles. The van der Waals surface area contributed by atoms with Crippen LogP contribution in [0.2, 0.25) is 0 Å². The minimum absolute atomic E-state index is 0.0666. The van der Waals surface area contributed by atoms with E-state index in [9.17, 15) is 9.59 Å². The number of carbonyl (C=O) groups excluding carboxylic acids is 2. The molecule has 7 heteroatoms. The molecule has 3 aromatic rings. The van der Waals surface area contributed by atoms with Gasteiger partial charge in [0.15, 0.2) is 0 Å². The summed E-state index contributed by atoms with van der Waals surface area (Å²) in [5, 5.41) is 9.42. The van der Waals surface area contributed by atoms with Crippen LogP contribution in [0.25, 0.3) is 11.3 Å². The van der Waals surface area contributed by atoms with Gasteiger partial charge in [0.2, 0.25) is 5.95 Å². The van der Waals surface area contributed by atoms with E-state index in [0.717, 1.165) is 53.9 Å². The highest BCUT2D eigenvalue weighted by molar-refractivity contribution is 6.04. The summed E-state index contributed by atoms with van der Waals surface area (Å²) in [7, 11) is 0. The molecule has 1 aliphatic rings. The number of rotatable bonds is 12. The van der Waals surface area contributed by atoms with E-state index >= 15 is 0 Å². The van der Waals surface area contributed by atoms with Crippen LogP contribution in [0.5, 0.6) is 0 Å². The first kappa shape index (κ1) is 31.7. The third kappa shape index (κ3) is 8.87. The van der Waals surface area contributed by atoms with E-state index in [2.05, 4.69) is 34.8 Å². The summed E-state index contributed by atoms with van der Waals surface area (Å²) in [6.45, 7) is 10.3. The number of aromatic nitrogens is 2. The van der Waals surface area contributed by atoms with Gasteiger partial charge in [-0.1, -0.05) is 50.0 Å². The Morgan fingerprint density at radius 3 is 2.51 bits per heavy atom. The first-order chi connectivity index (χ1) is 20.7. The van der Waals surface area contributed by atoms with Gasteiger partial charge < -0.3 is 16.0 Å². The maximum atomic E-state index is 13.1. The third-order valence-corrected chi connectivity index (χ3v) is 8.08. The lowest BCUT2D eigenvalue weighted by Crippen LogP contribution is -2.32. The number of hydrogen-bond donors (Lipinski definition) is 3. The molecule has 0 spiro atoms. The smallest absolute Gasteiger partial charge is 0.251 e. The first-order valence-electron chi connectivity index (χ1n) is 15.5. The normalized spacial score (nSPS) is 14.3. The molecule has 7 nitrogen and oxygen atoms in total. The number of allylic oxidation sites excluding steroid dienone is 3. The number of unbranched alkanes of at least 4 members (excludes halogenated alkanes) is 2. The Bertz CT molecular complexity index is 1490. The Morgan fingerprint density at radius 1 is 1.00 bits per heavy atom. The van der Waals surface area contributed by atoms with E-state index < -0.39 is 0 Å². The Labute approximate surface area is 256 Å². The fourth-order valence-electron chi connectivity index (χ4n) is 5.35.